The van der Waals surface area contributed by atoms with Gasteiger partial charge in [0.05, 0.1) is 5.56 Å². The number of likely N-dealkylation sites (tertiary alicyclic amines) is 1. The van der Waals surface area contributed by atoms with Crippen molar-refractivity contribution in [2.24, 2.45) is 5.92 Å². The number of hydrogen-bond donors (Lipinski definition) is 2. The number of aromatic nitrogens is 1. The third-order valence-corrected chi connectivity index (χ3v) is 3.15. The van der Waals surface area contributed by atoms with Crippen molar-refractivity contribution in [1.29, 1.82) is 0 Å². The number of nitrogens with zero attached hydrogens (tertiary/aromatic N) is 1. The molecule has 0 unspecified atom stereocenters. The van der Waals surface area contributed by atoms with Gasteiger partial charge in [0.1, 0.15) is 0 Å². The molecule has 2 rings (SSSR count). The molecule has 2 heterocycles. The average Bonchev–Trinajstić information content (AvgIpc) is 2.28. The number of pyridine rings is 1. The van der Waals surface area contributed by atoms with Gasteiger partial charge in [0.25, 0.3) is 11.5 Å². The minimum atomic E-state index is -0.460. The molecule has 2 N–H and O–H groups in total. The van der Waals surface area contributed by atoms with E-state index in [4.69, 9.17) is 0 Å². The molecule has 5 heteroatoms. The molecule has 0 radical (unpaired) electrons. The van der Waals surface area contributed by atoms with Gasteiger partial charge in [-0.3, -0.25) is 14.6 Å². The number of carbonyl (C=O) groups excluding carboxylic acids is 1. The van der Waals surface area contributed by atoms with Crippen LogP contribution in [-0.2, 0) is 0 Å². The Morgan fingerprint density at radius 2 is 2.06 bits per heavy atom. The second-order valence-electron chi connectivity index (χ2n) is 4.59. The van der Waals surface area contributed by atoms with E-state index in [0.717, 1.165) is 12.8 Å². The first kappa shape index (κ1) is 11.7. The maximum atomic E-state index is 12.1. The molecule has 0 spiro atoms. The summed E-state index contributed by atoms with van der Waals surface area (Å²) in [6.07, 6.45) is 1.97. The molecule has 1 aliphatic rings. The number of nitrogens with one attached hydrogen (secondary N) is 1. The second-order valence-corrected chi connectivity index (χ2v) is 4.59. The van der Waals surface area contributed by atoms with Crippen LogP contribution in [0.15, 0.2) is 16.9 Å². The van der Waals surface area contributed by atoms with Gasteiger partial charge in [0, 0.05) is 25.2 Å². The fraction of sp³-hybridized carbons (Fsp3) is 0.500. The van der Waals surface area contributed by atoms with E-state index in [1.165, 1.54) is 12.1 Å². The third-order valence-electron chi connectivity index (χ3n) is 3.15. The van der Waals surface area contributed by atoms with Crippen molar-refractivity contribution in [2.75, 3.05) is 13.1 Å². The summed E-state index contributed by atoms with van der Waals surface area (Å²) in [5, 5.41) is 9.26. The molecule has 1 amide bonds. The van der Waals surface area contributed by atoms with Gasteiger partial charge in [-0.1, -0.05) is 6.92 Å². The van der Waals surface area contributed by atoms with E-state index < -0.39 is 5.56 Å². The highest BCUT2D eigenvalue weighted by Gasteiger charge is 2.21. The van der Waals surface area contributed by atoms with Gasteiger partial charge >= 0.3 is 0 Å². The smallest absolute Gasteiger partial charge is 0.254 e. The van der Waals surface area contributed by atoms with Crippen LogP contribution in [0.4, 0.5) is 0 Å². The van der Waals surface area contributed by atoms with E-state index in [1.807, 2.05) is 0 Å². The Bertz CT molecular complexity index is 473. The van der Waals surface area contributed by atoms with Gasteiger partial charge < -0.3 is 10.0 Å². The first-order valence-corrected chi connectivity index (χ1v) is 5.79. The summed E-state index contributed by atoms with van der Waals surface area (Å²) in [6, 6.07) is 2.52. The lowest BCUT2D eigenvalue weighted by Gasteiger charge is -2.30. The average molecular weight is 236 g/mol. The predicted octanol–water partition coefficient (Wildman–Crippen LogP) is 0.953. The van der Waals surface area contributed by atoms with Crippen molar-refractivity contribution < 1.29 is 9.90 Å². The van der Waals surface area contributed by atoms with E-state index in [9.17, 15) is 14.7 Å². The fourth-order valence-electron chi connectivity index (χ4n) is 2.05. The number of H-pyrrole nitrogens is 1. The summed E-state index contributed by atoms with van der Waals surface area (Å²) in [4.78, 5) is 27.2. The van der Waals surface area contributed by atoms with Crippen LogP contribution in [0, 0.1) is 5.92 Å². The first-order valence-electron chi connectivity index (χ1n) is 5.79. The summed E-state index contributed by atoms with van der Waals surface area (Å²) in [5.41, 5.74) is -0.209. The zero-order chi connectivity index (χ0) is 12.4. The van der Waals surface area contributed by atoms with Gasteiger partial charge in [0.15, 0.2) is 5.88 Å². The van der Waals surface area contributed by atoms with Crippen LogP contribution >= 0.6 is 0 Å². The van der Waals surface area contributed by atoms with Crippen molar-refractivity contribution in [3.05, 3.63) is 28.0 Å². The highest BCUT2D eigenvalue weighted by Crippen LogP contribution is 2.18. The maximum Gasteiger partial charge on any atom is 0.254 e. The fourth-order valence-corrected chi connectivity index (χ4v) is 2.05. The minimum Gasteiger partial charge on any atom is -0.494 e. The second kappa shape index (κ2) is 4.61. The summed E-state index contributed by atoms with van der Waals surface area (Å²) < 4.78 is 0. The van der Waals surface area contributed by atoms with Crippen LogP contribution in [0.25, 0.3) is 0 Å². The van der Waals surface area contributed by atoms with Crippen molar-refractivity contribution in [1.82, 2.24) is 9.88 Å². The van der Waals surface area contributed by atoms with Crippen molar-refractivity contribution >= 4 is 5.91 Å². The Hall–Kier alpha value is -1.78. The lowest BCUT2D eigenvalue weighted by Crippen LogP contribution is -2.38. The normalized spacial score (nSPS) is 17.1. The number of amides is 1. The quantitative estimate of drug-likeness (QED) is 0.762. The Morgan fingerprint density at radius 3 is 2.65 bits per heavy atom. The largest absolute Gasteiger partial charge is 0.494 e. The Labute approximate surface area is 99.1 Å². The zero-order valence-electron chi connectivity index (χ0n) is 9.77. The summed E-state index contributed by atoms with van der Waals surface area (Å²) in [6.45, 7) is 3.60. The number of aromatic hydroxyl groups is 1. The molecule has 17 heavy (non-hydrogen) atoms. The molecule has 1 aliphatic heterocycles. The Kier molecular flexibility index (Phi) is 3.17. The number of hydrogen-bond acceptors (Lipinski definition) is 3. The van der Waals surface area contributed by atoms with Gasteiger partial charge in [-0.25, -0.2) is 0 Å². The molecular weight excluding hydrogens is 220 g/mol. The summed E-state index contributed by atoms with van der Waals surface area (Å²) >= 11 is 0. The first-order chi connectivity index (χ1) is 8.06. The van der Waals surface area contributed by atoms with Gasteiger partial charge in [-0.2, -0.15) is 0 Å². The van der Waals surface area contributed by atoms with E-state index in [0.29, 0.717) is 19.0 Å². The van der Waals surface area contributed by atoms with Crippen LogP contribution in [0.2, 0.25) is 0 Å². The highest BCUT2D eigenvalue weighted by atomic mass is 16.3. The zero-order valence-corrected chi connectivity index (χ0v) is 9.77. The van der Waals surface area contributed by atoms with E-state index >= 15 is 0 Å². The molecular formula is C12H16N2O3. The maximum absolute atomic E-state index is 12.1. The number of rotatable bonds is 1. The molecule has 0 atom stereocenters. The van der Waals surface area contributed by atoms with Crippen LogP contribution < -0.4 is 5.56 Å². The van der Waals surface area contributed by atoms with E-state index in [1.54, 1.807) is 4.90 Å². The SMILES string of the molecule is CC1CCN(C(=O)c2cc(O)[nH]c(=O)c2)CC1. The molecule has 0 saturated carbocycles. The van der Waals surface area contributed by atoms with Crippen molar-refractivity contribution in [2.45, 2.75) is 19.8 Å². The molecule has 1 fully saturated rings. The van der Waals surface area contributed by atoms with Crippen LogP contribution in [0.5, 0.6) is 5.88 Å². The van der Waals surface area contributed by atoms with Crippen LogP contribution in [0.3, 0.4) is 0 Å². The van der Waals surface area contributed by atoms with Crippen LogP contribution in [-0.4, -0.2) is 34.0 Å². The Morgan fingerprint density at radius 1 is 1.41 bits per heavy atom. The molecule has 1 aromatic rings. The predicted molar refractivity (Wildman–Crippen MR) is 63.0 cm³/mol. The van der Waals surface area contributed by atoms with E-state index in [2.05, 4.69) is 11.9 Å². The summed E-state index contributed by atoms with van der Waals surface area (Å²) in [5.74, 6) is 0.191. The lowest BCUT2D eigenvalue weighted by atomic mass is 9.99. The topological polar surface area (TPSA) is 73.4 Å². The number of piperidine rings is 1. The van der Waals surface area contributed by atoms with Gasteiger partial charge in [0.2, 0.25) is 0 Å². The molecule has 1 aromatic heterocycles. The standard InChI is InChI=1S/C12H16N2O3/c1-8-2-4-14(5-3-8)12(17)9-6-10(15)13-11(16)7-9/h6-8H,2-5H2,1H3,(H2,13,15,16). The third kappa shape index (κ3) is 2.67. The molecule has 0 bridgehead atoms. The molecule has 92 valence electrons. The summed E-state index contributed by atoms with van der Waals surface area (Å²) in [7, 11) is 0. The molecule has 0 aromatic carbocycles. The van der Waals surface area contributed by atoms with Crippen LogP contribution in [0.1, 0.15) is 30.1 Å². The van der Waals surface area contributed by atoms with Gasteiger partial charge in [-0.05, 0) is 18.8 Å². The van der Waals surface area contributed by atoms with Crippen molar-refractivity contribution in [3.63, 3.8) is 0 Å². The monoisotopic (exact) mass is 236 g/mol. The number of aromatic amines is 1. The highest BCUT2D eigenvalue weighted by molar-refractivity contribution is 5.94. The van der Waals surface area contributed by atoms with Gasteiger partial charge in [-0.15, -0.1) is 0 Å². The minimum absolute atomic E-state index is 0.182. The van der Waals surface area contributed by atoms with Crippen molar-refractivity contribution in [3.8, 4) is 5.88 Å². The lowest BCUT2D eigenvalue weighted by molar-refractivity contribution is 0.0696. The Balaban J connectivity index is 2.16. The molecule has 0 aliphatic carbocycles. The van der Waals surface area contributed by atoms with E-state index in [-0.39, 0.29) is 17.4 Å². The molecule has 5 nitrogen and oxygen atoms in total. The number of carbonyl (C=O) groups is 1. The molecule has 1 saturated heterocycles.